The third-order valence-corrected chi connectivity index (χ3v) is 5.53. The maximum absolute atomic E-state index is 11.6. The SMILES string of the molecule is Cn1nc(N2CCCCC2CNc2ncnc3ccsc23)ccc1=O. The molecule has 0 aliphatic carbocycles. The van der Waals surface area contributed by atoms with Crippen molar-refractivity contribution in [2.45, 2.75) is 25.3 Å². The number of rotatable bonds is 4. The number of nitrogens with one attached hydrogen (secondary N) is 1. The summed E-state index contributed by atoms with van der Waals surface area (Å²) in [4.78, 5) is 22.6. The third kappa shape index (κ3) is 3.21. The van der Waals surface area contributed by atoms with Gasteiger partial charge in [0.05, 0.1) is 10.2 Å². The smallest absolute Gasteiger partial charge is 0.266 e. The molecule has 0 spiro atoms. The Morgan fingerprint density at radius 1 is 1.28 bits per heavy atom. The molecule has 3 aromatic rings. The predicted molar refractivity (Wildman–Crippen MR) is 100 cm³/mol. The van der Waals surface area contributed by atoms with Gasteiger partial charge in [0, 0.05) is 32.2 Å². The van der Waals surface area contributed by atoms with Crippen molar-refractivity contribution >= 4 is 33.2 Å². The van der Waals surface area contributed by atoms with E-state index in [-0.39, 0.29) is 5.56 Å². The topological polar surface area (TPSA) is 75.9 Å². The Hall–Kier alpha value is -2.48. The Morgan fingerprint density at radius 3 is 3.08 bits per heavy atom. The minimum atomic E-state index is -0.0866. The van der Waals surface area contributed by atoms with Gasteiger partial charge in [0.1, 0.15) is 18.0 Å². The molecule has 0 radical (unpaired) electrons. The molecule has 8 heteroatoms. The summed E-state index contributed by atoms with van der Waals surface area (Å²) in [5.74, 6) is 1.75. The van der Waals surface area contributed by atoms with E-state index >= 15 is 0 Å². The fourth-order valence-electron chi connectivity index (χ4n) is 3.29. The number of hydrogen-bond donors (Lipinski definition) is 1. The van der Waals surface area contributed by atoms with Crippen molar-refractivity contribution in [3.63, 3.8) is 0 Å². The molecule has 3 aromatic heterocycles. The number of aromatic nitrogens is 4. The van der Waals surface area contributed by atoms with Gasteiger partial charge < -0.3 is 10.2 Å². The van der Waals surface area contributed by atoms with Crippen LogP contribution in [0.25, 0.3) is 10.2 Å². The molecule has 4 heterocycles. The van der Waals surface area contributed by atoms with Gasteiger partial charge in [0.25, 0.3) is 5.56 Å². The maximum atomic E-state index is 11.6. The highest BCUT2D eigenvalue weighted by atomic mass is 32.1. The first-order valence-electron chi connectivity index (χ1n) is 8.45. The van der Waals surface area contributed by atoms with Gasteiger partial charge >= 0.3 is 0 Å². The van der Waals surface area contributed by atoms with E-state index in [0.29, 0.717) is 6.04 Å². The minimum Gasteiger partial charge on any atom is -0.367 e. The second-order valence-corrected chi connectivity index (χ2v) is 7.15. The summed E-state index contributed by atoms with van der Waals surface area (Å²) in [6.07, 6.45) is 5.04. The van der Waals surface area contributed by atoms with Crippen LogP contribution in [0.3, 0.4) is 0 Å². The number of anilines is 2. The van der Waals surface area contributed by atoms with Crippen molar-refractivity contribution in [1.29, 1.82) is 0 Å². The summed E-state index contributed by atoms with van der Waals surface area (Å²) in [5, 5.41) is 9.95. The summed E-state index contributed by atoms with van der Waals surface area (Å²) < 4.78 is 2.48. The van der Waals surface area contributed by atoms with Crippen molar-refractivity contribution in [3.05, 3.63) is 40.3 Å². The standard InChI is InChI=1S/C17H20N6OS/c1-22-15(24)6-5-14(21-22)23-8-3-2-4-12(23)10-18-17-16-13(7-9-25-16)19-11-20-17/h5-7,9,11-12H,2-4,8,10H2,1H3,(H,18,19,20). The molecule has 130 valence electrons. The minimum absolute atomic E-state index is 0.0866. The first-order valence-corrected chi connectivity index (χ1v) is 9.33. The molecule has 1 aliphatic rings. The van der Waals surface area contributed by atoms with Gasteiger partial charge in [-0.3, -0.25) is 4.79 Å². The first-order chi connectivity index (χ1) is 12.2. The molecular formula is C17H20N6OS. The normalized spacial score (nSPS) is 17.8. The van der Waals surface area contributed by atoms with Crippen molar-refractivity contribution in [1.82, 2.24) is 19.7 Å². The molecule has 0 aromatic carbocycles. The van der Waals surface area contributed by atoms with Gasteiger partial charge in [-0.05, 0) is 36.8 Å². The highest BCUT2D eigenvalue weighted by Crippen LogP contribution is 2.26. The summed E-state index contributed by atoms with van der Waals surface area (Å²) >= 11 is 1.65. The molecule has 1 aliphatic heterocycles. The summed E-state index contributed by atoms with van der Waals surface area (Å²) in [7, 11) is 1.69. The Kier molecular flexibility index (Phi) is 4.35. The molecule has 0 bridgehead atoms. The van der Waals surface area contributed by atoms with Crippen LogP contribution in [0, 0.1) is 0 Å². The summed E-state index contributed by atoms with van der Waals surface area (Å²) in [6, 6.07) is 5.74. The van der Waals surface area contributed by atoms with Crippen LogP contribution in [-0.4, -0.2) is 38.9 Å². The zero-order chi connectivity index (χ0) is 17.2. The molecule has 1 saturated heterocycles. The molecular weight excluding hydrogens is 336 g/mol. The fraction of sp³-hybridized carbons (Fsp3) is 0.412. The molecule has 4 rings (SSSR count). The molecule has 1 unspecified atom stereocenters. The second kappa shape index (κ2) is 6.79. The summed E-state index contributed by atoms with van der Waals surface area (Å²) in [6.45, 7) is 1.74. The lowest BCUT2D eigenvalue weighted by Crippen LogP contribution is -2.45. The van der Waals surface area contributed by atoms with Crippen molar-refractivity contribution in [3.8, 4) is 0 Å². The van der Waals surface area contributed by atoms with Crippen LogP contribution in [0.15, 0.2) is 34.7 Å². The monoisotopic (exact) mass is 356 g/mol. The average Bonchev–Trinajstić information content (AvgIpc) is 3.12. The van der Waals surface area contributed by atoms with Gasteiger partial charge in [0.2, 0.25) is 0 Å². The van der Waals surface area contributed by atoms with Crippen LogP contribution in [0.1, 0.15) is 19.3 Å². The number of hydrogen-bond acceptors (Lipinski definition) is 7. The molecule has 0 saturated carbocycles. The molecule has 0 amide bonds. The average molecular weight is 356 g/mol. The first kappa shape index (κ1) is 16.0. The van der Waals surface area contributed by atoms with Gasteiger partial charge in [-0.15, -0.1) is 11.3 Å². The van der Waals surface area contributed by atoms with E-state index in [1.165, 1.54) is 11.1 Å². The zero-order valence-electron chi connectivity index (χ0n) is 14.1. The second-order valence-electron chi connectivity index (χ2n) is 6.23. The Morgan fingerprint density at radius 2 is 2.20 bits per heavy atom. The van der Waals surface area contributed by atoms with Gasteiger partial charge in [0.15, 0.2) is 0 Å². The van der Waals surface area contributed by atoms with Crippen LogP contribution in [-0.2, 0) is 7.05 Å². The Bertz CT molecular complexity index is 936. The highest BCUT2D eigenvalue weighted by Gasteiger charge is 2.24. The Labute approximate surface area is 149 Å². The third-order valence-electron chi connectivity index (χ3n) is 4.62. The van der Waals surface area contributed by atoms with Crippen molar-refractivity contribution < 1.29 is 0 Å². The van der Waals surface area contributed by atoms with E-state index < -0.39 is 0 Å². The van der Waals surface area contributed by atoms with Crippen LogP contribution < -0.4 is 15.8 Å². The summed E-state index contributed by atoms with van der Waals surface area (Å²) in [5.41, 5.74) is 0.888. The lowest BCUT2D eigenvalue weighted by molar-refractivity contribution is 0.464. The number of fused-ring (bicyclic) bond motifs is 1. The number of piperidine rings is 1. The van der Waals surface area contributed by atoms with E-state index in [4.69, 9.17) is 0 Å². The van der Waals surface area contributed by atoms with E-state index in [2.05, 4.69) is 25.3 Å². The van der Waals surface area contributed by atoms with Crippen LogP contribution in [0.5, 0.6) is 0 Å². The molecule has 1 atom stereocenters. The number of aryl methyl sites for hydroxylation is 1. The van der Waals surface area contributed by atoms with Crippen molar-refractivity contribution in [2.75, 3.05) is 23.3 Å². The molecule has 25 heavy (non-hydrogen) atoms. The van der Waals surface area contributed by atoms with E-state index in [1.54, 1.807) is 30.8 Å². The van der Waals surface area contributed by atoms with Crippen LogP contribution in [0.2, 0.25) is 0 Å². The van der Waals surface area contributed by atoms with Gasteiger partial charge in [-0.1, -0.05) is 0 Å². The van der Waals surface area contributed by atoms with Gasteiger partial charge in [-0.2, -0.15) is 5.10 Å². The van der Waals surface area contributed by atoms with Crippen molar-refractivity contribution in [2.24, 2.45) is 7.05 Å². The molecule has 1 N–H and O–H groups in total. The predicted octanol–water partition coefficient (Wildman–Crippen LogP) is 2.26. The highest BCUT2D eigenvalue weighted by molar-refractivity contribution is 7.17. The van der Waals surface area contributed by atoms with Gasteiger partial charge in [-0.25, -0.2) is 14.6 Å². The Balaban J connectivity index is 1.54. The lowest BCUT2D eigenvalue weighted by Gasteiger charge is -2.36. The maximum Gasteiger partial charge on any atom is 0.266 e. The van der Waals surface area contributed by atoms with Crippen LogP contribution in [0.4, 0.5) is 11.6 Å². The quantitative estimate of drug-likeness (QED) is 0.773. The van der Waals surface area contributed by atoms with E-state index in [9.17, 15) is 4.79 Å². The number of nitrogens with zero attached hydrogens (tertiary/aromatic N) is 5. The van der Waals surface area contributed by atoms with Crippen LogP contribution >= 0.6 is 11.3 Å². The largest absolute Gasteiger partial charge is 0.367 e. The van der Waals surface area contributed by atoms with E-state index in [0.717, 1.165) is 47.8 Å². The molecule has 1 fully saturated rings. The lowest BCUT2D eigenvalue weighted by atomic mass is 10.0. The van der Waals surface area contributed by atoms with E-state index in [1.807, 2.05) is 17.5 Å². The zero-order valence-corrected chi connectivity index (χ0v) is 14.9. The number of thiophene rings is 1. The molecule has 7 nitrogen and oxygen atoms in total. The fourth-order valence-corrected chi connectivity index (χ4v) is 4.10.